The van der Waals surface area contributed by atoms with Crippen molar-refractivity contribution >= 4 is 35.5 Å². The smallest absolute Gasteiger partial charge is 0.327 e. The molecule has 0 spiro atoms. The SMILES string of the molecule is CC(C)CC(C(=O)N[C@@H](CCSC[C@H](NC(=O)C(CC(C)C)c1ccc(O)cc1)C(=O)O)C(=O)O)c1ccc(O)cc1. The van der Waals surface area contributed by atoms with Crippen LogP contribution in [0.1, 0.15) is 69.9 Å². The molecule has 0 aromatic heterocycles. The van der Waals surface area contributed by atoms with E-state index in [-0.39, 0.29) is 41.3 Å². The van der Waals surface area contributed by atoms with E-state index in [4.69, 9.17) is 0 Å². The monoisotopic (exact) mass is 602 g/mol. The number of carboxylic acids is 2. The van der Waals surface area contributed by atoms with Gasteiger partial charge in [-0.05, 0) is 72.2 Å². The number of carbonyl (C=O) groups is 4. The summed E-state index contributed by atoms with van der Waals surface area (Å²) in [6.07, 6.45) is 1.02. The minimum absolute atomic E-state index is 0.00875. The van der Waals surface area contributed by atoms with Crippen molar-refractivity contribution < 1.29 is 39.6 Å². The van der Waals surface area contributed by atoms with E-state index in [1.54, 1.807) is 24.3 Å². The standard InChI is InChI=1S/C31H42N2O8S/c1-18(2)15-24(20-5-9-22(34)10-6-20)28(36)32-26(30(38)39)13-14-42-17-27(31(40)41)33-29(37)25(16-19(3)4)21-7-11-23(35)12-8-21/h5-12,18-19,24-27,34-35H,13-17H2,1-4H3,(H,32,36)(H,33,37)(H,38,39)(H,40,41)/t24?,25?,26-,27-/m0/s1. The van der Waals surface area contributed by atoms with Crippen LogP contribution in [0.5, 0.6) is 11.5 Å². The zero-order valence-electron chi connectivity index (χ0n) is 24.4. The molecule has 2 unspecified atom stereocenters. The molecule has 2 aromatic rings. The van der Waals surface area contributed by atoms with Gasteiger partial charge in [0.05, 0.1) is 11.8 Å². The van der Waals surface area contributed by atoms with Crippen molar-refractivity contribution in [3.05, 3.63) is 59.7 Å². The van der Waals surface area contributed by atoms with E-state index in [2.05, 4.69) is 10.6 Å². The number of thioether (sulfide) groups is 1. The molecule has 42 heavy (non-hydrogen) atoms. The number of phenolic OH excluding ortho intramolecular Hbond substituents is 2. The third-order valence-corrected chi connectivity index (χ3v) is 7.80. The van der Waals surface area contributed by atoms with E-state index in [0.29, 0.717) is 24.0 Å². The van der Waals surface area contributed by atoms with E-state index in [9.17, 15) is 39.6 Å². The van der Waals surface area contributed by atoms with Gasteiger partial charge >= 0.3 is 11.9 Å². The van der Waals surface area contributed by atoms with Crippen LogP contribution < -0.4 is 10.6 Å². The average Bonchev–Trinajstić information content (AvgIpc) is 2.91. The summed E-state index contributed by atoms with van der Waals surface area (Å²) in [5, 5.41) is 43.9. The van der Waals surface area contributed by atoms with Crippen LogP contribution in [0.15, 0.2) is 48.5 Å². The summed E-state index contributed by atoms with van der Waals surface area (Å²) < 4.78 is 0. The van der Waals surface area contributed by atoms with Crippen molar-refractivity contribution in [2.75, 3.05) is 11.5 Å². The van der Waals surface area contributed by atoms with Crippen molar-refractivity contribution in [2.24, 2.45) is 11.8 Å². The molecule has 11 heteroatoms. The Morgan fingerprint density at radius 3 is 1.40 bits per heavy atom. The fourth-order valence-corrected chi connectivity index (χ4v) is 5.55. The van der Waals surface area contributed by atoms with Crippen LogP contribution in [0.25, 0.3) is 0 Å². The summed E-state index contributed by atoms with van der Waals surface area (Å²) in [6.45, 7) is 7.83. The molecular formula is C31H42N2O8S. The lowest BCUT2D eigenvalue weighted by Gasteiger charge is -2.23. The molecular weight excluding hydrogens is 560 g/mol. The van der Waals surface area contributed by atoms with Crippen molar-refractivity contribution in [2.45, 2.75) is 70.9 Å². The number of hydrogen-bond donors (Lipinski definition) is 6. The molecule has 0 heterocycles. The highest BCUT2D eigenvalue weighted by molar-refractivity contribution is 7.99. The number of amides is 2. The number of nitrogens with one attached hydrogen (secondary N) is 2. The lowest BCUT2D eigenvalue weighted by atomic mass is 9.89. The number of benzene rings is 2. The fraction of sp³-hybridized carbons (Fsp3) is 0.484. The Morgan fingerprint density at radius 1 is 0.667 bits per heavy atom. The van der Waals surface area contributed by atoms with E-state index < -0.39 is 47.7 Å². The Balaban J connectivity index is 2.00. The van der Waals surface area contributed by atoms with Crippen molar-refractivity contribution in [1.82, 2.24) is 10.6 Å². The number of carboxylic acid groups (broad SMARTS) is 2. The maximum atomic E-state index is 13.1. The zero-order chi connectivity index (χ0) is 31.4. The first-order valence-electron chi connectivity index (χ1n) is 14.0. The van der Waals surface area contributed by atoms with Gasteiger partial charge in [-0.15, -0.1) is 0 Å². The normalized spacial score (nSPS) is 14.1. The van der Waals surface area contributed by atoms with Crippen LogP contribution >= 0.6 is 11.8 Å². The highest BCUT2D eigenvalue weighted by Gasteiger charge is 2.29. The van der Waals surface area contributed by atoms with E-state index in [1.165, 1.54) is 36.0 Å². The zero-order valence-corrected chi connectivity index (χ0v) is 25.3. The quantitative estimate of drug-likeness (QED) is 0.144. The molecule has 0 aliphatic carbocycles. The molecule has 0 bridgehead atoms. The molecule has 0 fully saturated rings. The Bertz CT molecular complexity index is 1090. The van der Waals surface area contributed by atoms with Gasteiger partial charge in [-0.2, -0.15) is 11.8 Å². The van der Waals surface area contributed by atoms with E-state index in [0.717, 1.165) is 0 Å². The minimum atomic E-state index is -1.21. The van der Waals surface area contributed by atoms with Gasteiger partial charge in [-0.3, -0.25) is 9.59 Å². The Labute approximate surface area is 250 Å². The highest BCUT2D eigenvalue weighted by Crippen LogP contribution is 2.27. The second-order valence-corrected chi connectivity index (χ2v) is 12.4. The predicted molar refractivity (Wildman–Crippen MR) is 162 cm³/mol. The van der Waals surface area contributed by atoms with E-state index >= 15 is 0 Å². The molecule has 2 amide bonds. The number of aromatic hydroxyl groups is 2. The van der Waals surface area contributed by atoms with Crippen LogP contribution in [-0.4, -0.2) is 67.8 Å². The highest BCUT2D eigenvalue weighted by atomic mass is 32.2. The first kappa shape index (κ1) is 34.5. The van der Waals surface area contributed by atoms with Gasteiger partial charge in [-0.1, -0.05) is 52.0 Å². The van der Waals surface area contributed by atoms with Gasteiger partial charge < -0.3 is 31.1 Å². The number of rotatable bonds is 17. The molecule has 230 valence electrons. The first-order valence-corrected chi connectivity index (χ1v) is 15.2. The largest absolute Gasteiger partial charge is 0.508 e. The summed E-state index contributed by atoms with van der Waals surface area (Å²) in [5.41, 5.74) is 1.33. The van der Waals surface area contributed by atoms with Gasteiger partial charge in [0.25, 0.3) is 0 Å². The number of aliphatic carboxylic acids is 2. The van der Waals surface area contributed by atoms with Gasteiger partial charge in [0.15, 0.2) is 0 Å². The third-order valence-electron chi connectivity index (χ3n) is 6.70. The summed E-state index contributed by atoms with van der Waals surface area (Å²) in [5.74, 6) is -3.80. The topological polar surface area (TPSA) is 173 Å². The third kappa shape index (κ3) is 11.3. The molecule has 0 radical (unpaired) electrons. The Hall–Kier alpha value is -3.73. The molecule has 0 saturated carbocycles. The van der Waals surface area contributed by atoms with Gasteiger partial charge in [0.1, 0.15) is 23.6 Å². The maximum absolute atomic E-state index is 13.1. The van der Waals surface area contributed by atoms with Crippen molar-refractivity contribution in [3.63, 3.8) is 0 Å². The van der Waals surface area contributed by atoms with Crippen LogP contribution in [0.4, 0.5) is 0 Å². The number of carbonyl (C=O) groups excluding carboxylic acids is 2. The molecule has 2 aromatic carbocycles. The molecule has 4 atom stereocenters. The first-order chi connectivity index (χ1) is 19.8. The van der Waals surface area contributed by atoms with Crippen molar-refractivity contribution in [1.29, 1.82) is 0 Å². The minimum Gasteiger partial charge on any atom is -0.508 e. The molecule has 2 rings (SSSR count). The van der Waals surface area contributed by atoms with E-state index in [1.807, 2.05) is 27.7 Å². The van der Waals surface area contributed by atoms with Crippen molar-refractivity contribution in [3.8, 4) is 11.5 Å². The molecule has 0 aliphatic rings. The van der Waals surface area contributed by atoms with Gasteiger partial charge in [0.2, 0.25) is 11.8 Å². The average molecular weight is 603 g/mol. The van der Waals surface area contributed by atoms with Crippen LogP contribution in [0.2, 0.25) is 0 Å². The second kappa shape index (κ2) is 16.6. The summed E-state index contributed by atoms with van der Waals surface area (Å²) >= 11 is 1.17. The summed E-state index contributed by atoms with van der Waals surface area (Å²) in [6, 6.07) is 10.1. The van der Waals surface area contributed by atoms with Crippen LogP contribution in [0.3, 0.4) is 0 Å². The fourth-order valence-electron chi connectivity index (χ4n) is 4.52. The Kier molecular flexibility index (Phi) is 13.7. The van der Waals surface area contributed by atoms with Crippen LogP contribution in [0, 0.1) is 11.8 Å². The summed E-state index contributed by atoms with van der Waals surface area (Å²) in [4.78, 5) is 50.1. The lowest BCUT2D eigenvalue weighted by molar-refractivity contribution is -0.142. The number of hydrogen-bond acceptors (Lipinski definition) is 7. The molecule has 6 N–H and O–H groups in total. The van der Waals surface area contributed by atoms with Gasteiger partial charge in [-0.25, -0.2) is 9.59 Å². The van der Waals surface area contributed by atoms with Crippen LogP contribution in [-0.2, 0) is 19.2 Å². The predicted octanol–water partition coefficient (Wildman–Crippen LogP) is 4.32. The second-order valence-electron chi connectivity index (χ2n) is 11.2. The molecule has 10 nitrogen and oxygen atoms in total. The molecule has 0 saturated heterocycles. The Morgan fingerprint density at radius 2 is 1.05 bits per heavy atom. The summed E-state index contributed by atoms with van der Waals surface area (Å²) in [7, 11) is 0. The van der Waals surface area contributed by atoms with Gasteiger partial charge in [0, 0.05) is 5.75 Å². The maximum Gasteiger partial charge on any atom is 0.327 e. The number of phenols is 2. The molecule has 0 aliphatic heterocycles. The lowest BCUT2D eigenvalue weighted by Crippen LogP contribution is -2.45.